The SMILES string of the molecule is CC(C)C(CNc1ccc(CO)cc1)c1ccccc1. The van der Waals surface area contributed by atoms with Gasteiger partial charge in [-0.25, -0.2) is 0 Å². The largest absolute Gasteiger partial charge is 0.392 e. The van der Waals surface area contributed by atoms with Crippen LogP contribution in [-0.2, 0) is 6.61 Å². The number of benzene rings is 2. The number of aliphatic hydroxyl groups excluding tert-OH is 1. The van der Waals surface area contributed by atoms with Crippen LogP contribution in [0.2, 0.25) is 0 Å². The van der Waals surface area contributed by atoms with Gasteiger partial charge in [-0.05, 0) is 29.2 Å². The summed E-state index contributed by atoms with van der Waals surface area (Å²) in [6, 6.07) is 18.6. The molecule has 20 heavy (non-hydrogen) atoms. The fraction of sp³-hybridized carbons (Fsp3) is 0.333. The van der Waals surface area contributed by atoms with Crippen molar-refractivity contribution in [3.8, 4) is 0 Å². The van der Waals surface area contributed by atoms with Crippen LogP contribution >= 0.6 is 0 Å². The van der Waals surface area contributed by atoms with Crippen molar-refractivity contribution in [1.29, 1.82) is 0 Å². The number of rotatable bonds is 6. The van der Waals surface area contributed by atoms with E-state index in [4.69, 9.17) is 5.11 Å². The van der Waals surface area contributed by atoms with E-state index in [1.165, 1.54) is 5.56 Å². The van der Waals surface area contributed by atoms with Gasteiger partial charge in [0.15, 0.2) is 0 Å². The summed E-state index contributed by atoms with van der Waals surface area (Å²) >= 11 is 0. The third kappa shape index (κ3) is 3.84. The summed E-state index contributed by atoms with van der Waals surface area (Å²) < 4.78 is 0. The van der Waals surface area contributed by atoms with E-state index in [0.717, 1.165) is 17.8 Å². The summed E-state index contributed by atoms with van der Waals surface area (Å²) in [6.07, 6.45) is 0. The average molecular weight is 269 g/mol. The minimum absolute atomic E-state index is 0.0961. The van der Waals surface area contributed by atoms with Crippen LogP contribution < -0.4 is 5.32 Å². The van der Waals surface area contributed by atoms with Crippen molar-refractivity contribution in [2.45, 2.75) is 26.4 Å². The van der Waals surface area contributed by atoms with Crippen molar-refractivity contribution in [3.63, 3.8) is 0 Å². The second-order valence-corrected chi connectivity index (χ2v) is 5.50. The van der Waals surface area contributed by atoms with Gasteiger partial charge in [0.25, 0.3) is 0 Å². The molecule has 2 rings (SSSR count). The Morgan fingerprint density at radius 1 is 0.950 bits per heavy atom. The van der Waals surface area contributed by atoms with E-state index in [2.05, 4.69) is 49.5 Å². The summed E-state index contributed by atoms with van der Waals surface area (Å²) in [7, 11) is 0. The second kappa shape index (κ2) is 7.11. The third-order valence-corrected chi connectivity index (χ3v) is 3.70. The molecule has 106 valence electrons. The Labute approximate surface area is 121 Å². The lowest BCUT2D eigenvalue weighted by molar-refractivity contribution is 0.282. The molecule has 1 unspecified atom stereocenters. The van der Waals surface area contributed by atoms with Gasteiger partial charge < -0.3 is 10.4 Å². The maximum absolute atomic E-state index is 9.05. The molecule has 0 bridgehead atoms. The Morgan fingerprint density at radius 3 is 2.15 bits per heavy atom. The predicted octanol–water partition coefficient (Wildman–Crippen LogP) is 4.03. The van der Waals surface area contributed by atoms with Gasteiger partial charge in [0.05, 0.1) is 6.61 Å². The summed E-state index contributed by atoms with van der Waals surface area (Å²) in [5.74, 6) is 1.08. The molecule has 0 spiro atoms. The van der Waals surface area contributed by atoms with Crippen LogP contribution in [0.1, 0.15) is 30.9 Å². The fourth-order valence-electron chi connectivity index (χ4n) is 2.39. The molecule has 0 aliphatic rings. The van der Waals surface area contributed by atoms with Crippen LogP contribution in [-0.4, -0.2) is 11.7 Å². The van der Waals surface area contributed by atoms with Crippen molar-refractivity contribution in [1.82, 2.24) is 0 Å². The zero-order valence-corrected chi connectivity index (χ0v) is 12.2. The van der Waals surface area contributed by atoms with Gasteiger partial charge in [-0.15, -0.1) is 0 Å². The maximum atomic E-state index is 9.05. The Kier molecular flexibility index (Phi) is 5.19. The number of hydrogen-bond donors (Lipinski definition) is 2. The van der Waals surface area contributed by atoms with E-state index < -0.39 is 0 Å². The van der Waals surface area contributed by atoms with E-state index in [9.17, 15) is 0 Å². The first-order chi connectivity index (χ1) is 9.70. The van der Waals surface area contributed by atoms with Crippen molar-refractivity contribution in [3.05, 3.63) is 65.7 Å². The minimum Gasteiger partial charge on any atom is -0.392 e. The molecule has 0 radical (unpaired) electrons. The van der Waals surface area contributed by atoms with E-state index in [1.54, 1.807) is 0 Å². The molecule has 0 amide bonds. The van der Waals surface area contributed by atoms with Crippen LogP contribution in [0.3, 0.4) is 0 Å². The number of nitrogens with one attached hydrogen (secondary N) is 1. The van der Waals surface area contributed by atoms with Gasteiger partial charge in [-0.2, -0.15) is 0 Å². The highest BCUT2D eigenvalue weighted by molar-refractivity contribution is 5.45. The molecule has 0 aliphatic heterocycles. The number of hydrogen-bond acceptors (Lipinski definition) is 2. The molecule has 2 nitrogen and oxygen atoms in total. The Bertz CT molecular complexity index is 505. The summed E-state index contributed by atoms with van der Waals surface area (Å²) in [6.45, 7) is 5.53. The Hall–Kier alpha value is -1.80. The van der Waals surface area contributed by atoms with Gasteiger partial charge in [-0.3, -0.25) is 0 Å². The first kappa shape index (κ1) is 14.6. The molecule has 2 heteroatoms. The van der Waals surface area contributed by atoms with Gasteiger partial charge >= 0.3 is 0 Å². The van der Waals surface area contributed by atoms with Crippen molar-refractivity contribution < 1.29 is 5.11 Å². The summed E-state index contributed by atoms with van der Waals surface area (Å²) in [5.41, 5.74) is 3.42. The van der Waals surface area contributed by atoms with Gasteiger partial charge in [-0.1, -0.05) is 56.3 Å². The monoisotopic (exact) mass is 269 g/mol. The highest BCUT2D eigenvalue weighted by atomic mass is 16.3. The highest BCUT2D eigenvalue weighted by Crippen LogP contribution is 2.24. The normalized spacial score (nSPS) is 12.4. The number of aliphatic hydroxyl groups is 1. The van der Waals surface area contributed by atoms with Crippen LogP contribution in [0.4, 0.5) is 5.69 Å². The lowest BCUT2D eigenvalue weighted by Crippen LogP contribution is -2.17. The van der Waals surface area contributed by atoms with E-state index in [0.29, 0.717) is 11.8 Å². The molecule has 0 heterocycles. The Morgan fingerprint density at radius 2 is 1.60 bits per heavy atom. The average Bonchev–Trinajstić information content (AvgIpc) is 2.49. The van der Waals surface area contributed by atoms with Crippen molar-refractivity contribution in [2.75, 3.05) is 11.9 Å². The van der Waals surface area contributed by atoms with Crippen LogP contribution in [0, 0.1) is 5.92 Å². The molecular weight excluding hydrogens is 246 g/mol. The van der Waals surface area contributed by atoms with E-state index >= 15 is 0 Å². The highest BCUT2D eigenvalue weighted by Gasteiger charge is 2.15. The first-order valence-corrected chi connectivity index (χ1v) is 7.19. The molecular formula is C18H23NO. The molecule has 0 aromatic heterocycles. The third-order valence-electron chi connectivity index (χ3n) is 3.70. The first-order valence-electron chi connectivity index (χ1n) is 7.19. The standard InChI is InChI=1S/C18H23NO/c1-14(2)18(16-6-4-3-5-7-16)12-19-17-10-8-15(13-20)9-11-17/h3-11,14,18-20H,12-13H2,1-2H3. The molecule has 0 aliphatic carbocycles. The van der Waals surface area contributed by atoms with Crippen LogP contribution in [0.25, 0.3) is 0 Å². The predicted molar refractivity (Wildman–Crippen MR) is 84.9 cm³/mol. The quantitative estimate of drug-likeness (QED) is 0.830. The minimum atomic E-state index is 0.0961. The lowest BCUT2D eigenvalue weighted by Gasteiger charge is -2.22. The zero-order valence-electron chi connectivity index (χ0n) is 12.2. The maximum Gasteiger partial charge on any atom is 0.0681 e. The lowest BCUT2D eigenvalue weighted by atomic mass is 9.88. The molecule has 0 fully saturated rings. The molecule has 2 N–H and O–H groups in total. The summed E-state index contributed by atoms with van der Waals surface area (Å²) in [5, 5.41) is 12.5. The molecule has 0 saturated carbocycles. The summed E-state index contributed by atoms with van der Waals surface area (Å²) in [4.78, 5) is 0. The van der Waals surface area contributed by atoms with Crippen molar-refractivity contribution in [2.24, 2.45) is 5.92 Å². The van der Waals surface area contributed by atoms with Crippen LogP contribution in [0.15, 0.2) is 54.6 Å². The second-order valence-electron chi connectivity index (χ2n) is 5.50. The van der Waals surface area contributed by atoms with Gasteiger partial charge in [0.1, 0.15) is 0 Å². The van der Waals surface area contributed by atoms with E-state index in [-0.39, 0.29) is 6.61 Å². The van der Waals surface area contributed by atoms with Gasteiger partial charge in [0.2, 0.25) is 0 Å². The topological polar surface area (TPSA) is 32.3 Å². The zero-order chi connectivity index (χ0) is 14.4. The smallest absolute Gasteiger partial charge is 0.0681 e. The fourth-order valence-corrected chi connectivity index (χ4v) is 2.39. The number of anilines is 1. The van der Waals surface area contributed by atoms with Crippen LogP contribution in [0.5, 0.6) is 0 Å². The van der Waals surface area contributed by atoms with E-state index in [1.807, 2.05) is 24.3 Å². The van der Waals surface area contributed by atoms with Crippen molar-refractivity contribution >= 4 is 5.69 Å². The molecule has 0 saturated heterocycles. The molecule has 2 aromatic rings. The Balaban J connectivity index is 2.02. The van der Waals surface area contributed by atoms with Gasteiger partial charge in [0, 0.05) is 18.2 Å². The molecule has 2 aromatic carbocycles. The molecule has 1 atom stereocenters.